The topological polar surface area (TPSA) is 81.9 Å². The van der Waals surface area contributed by atoms with Gasteiger partial charge in [0, 0.05) is 17.7 Å². The van der Waals surface area contributed by atoms with Crippen LogP contribution in [0.1, 0.15) is 21.7 Å². The van der Waals surface area contributed by atoms with Crippen LogP contribution in [0.25, 0.3) is 5.69 Å². The van der Waals surface area contributed by atoms with Gasteiger partial charge in [0.1, 0.15) is 0 Å². The van der Waals surface area contributed by atoms with Gasteiger partial charge in [-0.2, -0.15) is 4.68 Å². The Bertz CT molecular complexity index is 1160. The van der Waals surface area contributed by atoms with Crippen LogP contribution in [0.2, 0.25) is 0 Å². The monoisotopic (exact) mass is 431 g/mol. The standard InChI is InChI=1S/C23H21N5O2S/c1-30-15-17-8-7-9-18(14-17)24-23(29)20-12-5-6-13-21(20)31-16-22-25-26-27-28(22)19-10-3-2-4-11-19/h2-14H,15-16H2,1H3,(H,24,29). The van der Waals surface area contributed by atoms with Crippen LogP contribution < -0.4 is 5.32 Å². The van der Waals surface area contributed by atoms with Crippen molar-refractivity contribution in [3.63, 3.8) is 0 Å². The van der Waals surface area contributed by atoms with Crippen LogP contribution in [0, 0.1) is 0 Å². The Morgan fingerprint density at radius 3 is 2.68 bits per heavy atom. The minimum atomic E-state index is -0.166. The van der Waals surface area contributed by atoms with Gasteiger partial charge < -0.3 is 10.1 Å². The van der Waals surface area contributed by atoms with Gasteiger partial charge in [0.05, 0.1) is 23.6 Å². The van der Waals surface area contributed by atoms with E-state index in [1.165, 1.54) is 11.8 Å². The highest BCUT2D eigenvalue weighted by molar-refractivity contribution is 7.98. The number of methoxy groups -OCH3 is 1. The fourth-order valence-electron chi connectivity index (χ4n) is 3.09. The number of amides is 1. The summed E-state index contributed by atoms with van der Waals surface area (Å²) in [6.45, 7) is 0.492. The van der Waals surface area contributed by atoms with Gasteiger partial charge in [0.15, 0.2) is 5.82 Å². The van der Waals surface area contributed by atoms with Crippen LogP contribution in [-0.2, 0) is 17.1 Å². The van der Waals surface area contributed by atoms with Gasteiger partial charge in [-0.1, -0.05) is 42.5 Å². The Morgan fingerprint density at radius 2 is 1.84 bits per heavy atom. The van der Waals surface area contributed by atoms with Crippen LogP contribution >= 0.6 is 11.8 Å². The Kier molecular flexibility index (Phi) is 6.71. The second-order valence-corrected chi connectivity index (χ2v) is 7.73. The number of carbonyl (C=O) groups is 1. The summed E-state index contributed by atoms with van der Waals surface area (Å²) in [5.41, 5.74) is 3.22. The van der Waals surface area contributed by atoms with E-state index in [4.69, 9.17) is 4.74 Å². The smallest absolute Gasteiger partial charge is 0.256 e. The summed E-state index contributed by atoms with van der Waals surface area (Å²) >= 11 is 1.52. The molecule has 8 heteroatoms. The molecule has 0 atom stereocenters. The van der Waals surface area contributed by atoms with Crippen molar-refractivity contribution in [3.8, 4) is 5.69 Å². The Morgan fingerprint density at radius 1 is 1.03 bits per heavy atom. The molecule has 4 aromatic rings. The van der Waals surface area contributed by atoms with Crippen molar-refractivity contribution in [3.05, 3.63) is 95.8 Å². The average molecular weight is 432 g/mol. The summed E-state index contributed by atoms with van der Waals surface area (Å²) in [5.74, 6) is 1.06. The maximum Gasteiger partial charge on any atom is 0.256 e. The van der Waals surface area contributed by atoms with E-state index >= 15 is 0 Å². The number of para-hydroxylation sites is 1. The fraction of sp³-hybridized carbons (Fsp3) is 0.130. The van der Waals surface area contributed by atoms with E-state index in [2.05, 4.69) is 20.8 Å². The molecule has 156 valence electrons. The highest BCUT2D eigenvalue weighted by Crippen LogP contribution is 2.27. The third-order valence-electron chi connectivity index (χ3n) is 4.52. The minimum Gasteiger partial charge on any atom is -0.380 e. The van der Waals surface area contributed by atoms with Crippen LogP contribution in [-0.4, -0.2) is 33.2 Å². The molecule has 0 aliphatic heterocycles. The summed E-state index contributed by atoms with van der Waals surface area (Å²) in [4.78, 5) is 13.8. The summed E-state index contributed by atoms with van der Waals surface area (Å²) in [6.07, 6.45) is 0. The number of aromatic nitrogens is 4. The molecular weight excluding hydrogens is 410 g/mol. The predicted octanol–water partition coefficient (Wildman–Crippen LogP) is 4.35. The van der Waals surface area contributed by atoms with Gasteiger partial charge in [-0.15, -0.1) is 16.9 Å². The summed E-state index contributed by atoms with van der Waals surface area (Å²) in [7, 11) is 1.65. The zero-order valence-corrected chi connectivity index (χ0v) is 17.7. The number of thioether (sulfide) groups is 1. The number of nitrogens with one attached hydrogen (secondary N) is 1. The minimum absolute atomic E-state index is 0.166. The normalized spacial score (nSPS) is 10.7. The van der Waals surface area contributed by atoms with Crippen molar-refractivity contribution in [2.24, 2.45) is 0 Å². The number of rotatable bonds is 8. The molecule has 0 aliphatic rings. The van der Waals surface area contributed by atoms with Crippen molar-refractivity contribution in [2.75, 3.05) is 12.4 Å². The van der Waals surface area contributed by atoms with E-state index < -0.39 is 0 Å². The van der Waals surface area contributed by atoms with Crippen LogP contribution in [0.3, 0.4) is 0 Å². The van der Waals surface area contributed by atoms with E-state index in [-0.39, 0.29) is 5.91 Å². The quantitative estimate of drug-likeness (QED) is 0.418. The van der Waals surface area contributed by atoms with E-state index in [1.54, 1.807) is 11.8 Å². The van der Waals surface area contributed by atoms with Gasteiger partial charge in [-0.3, -0.25) is 4.79 Å². The van der Waals surface area contributed by atoms with Crippen molar-refractivity contribution < 1.29 is 9.53 Å². The molecule has 0 fully saturated rings. The predicted molar refractivity (Wildman–Crippen MR) is 120 cm³/mol. The molecule has 1 heterocycles. The van der Waals surface area contributed by atoms with Crippen LogP contribution in [0.5, 0.6) is 0 Å². The van der Waals surface area contributed by atoms with Crippen molar-refractivity contribution in [1.82, 2.24) is 20.2 Å². The molecule has 31 heavy (non-hydrogen) atoms. The Hall–Kier alpha value is -3.49. The molecule has 0 saturated heterocycles. The number of nitrogens with zero attached hydrogens (tertiary/aromatic N) is 4. The van der Waals surface area contributed by atoms with Crippen molar-refractivity contribution >= 4 is 23.4 Å². The molecule has 0 aliphatic carbocycles. The number of carbonyl (C=O) groups excluding carboxylic acids is 1. The molecule has 0 bridgehead atoms. The van der Waals surface area contributed by atoms with E-state index in [9.17, 15) is 4.79 Å². The zero-order chi connectivity index (χ0) is 21.5. The first-order valence-corrected chi connectivity index (χ1v) is 10.7. The number of anilines is 1. The second-order valence-electron chi connectivity index (χ2n) is 6.71. The number of ether oxygens (including phenoxy) is 1. The number of hydrogen-bond acceptors (Lipinski definition) is 6. The molecule has 3 aromatic carbocycles. The van der Waals surface area contributed by atoms with Gasteiger partial charge >= 0.3 is 0 Å². The van der Waals surface area contributed by atoms with Crippen molar-refractivity contribution in [1.29, 1.82) is 0 Å². The van der Waals surface area contributed by atoms with E-state index in [0.717, 1.165) is 21.8 Å². The highest BCUT2D eigenvalue weighted by atomic mass is 32.2. The molecule has 1 amide bonds. The molecule has 1 aromatic heterocycles. The van der Waals surface area contributed by atoms with E-state index in [1.807, 2.05) is 78.9 Å². The molecule has 0 saturated carbocycles. The van der Waals surface area contributed by atoms with E-state index in [0.29, 0.717) is 23.7 Å². The van der Waals surface area contributed by atoms with Crippen LogP contribution in [0.4, 0.5) is 5.69 Å². The van der Waals surface area contributed by atoms with Gasteiger partial charge in [-0.05, 0) is 52.4 Å². The SMILES string of the molecule is COCc1cccc(NC(=O)c2ccccc2SCc2nnnn2-c2ccccc2)c1. The lowest BCUT2D eigenvalue weighted by atomic mass is 10.2. The third kappa shape index (κ3) is 5.17. The lowest BCUT2D eigenvalue weighted by molar-refractivity contribution is 0.102. The maximum atomic E-state index is 13.0. The molecule has 7 nitrogen and oxygen atoms in total. The Labute approximate surface area is 184 Å². The second kappa shape index (κ2) is 10.0. The average Bonchev–Trinajstić information content (AvgIpc) is 3.28. The fourth-order valence-corrected chi connectivity index (χ4v) is 4.05. The Balaban J connectivity index is 1.49. The van der Waals surface area contributed by atoms with Crippen molar-refractivity contribution in [2.45, 2.75) is 17.3 Å². The largest absolute Gasteiger partial charge is 0.380 e. The number of hydrogen-bond donors (Lipinski definition) is 1. The third-order valence-corrected chi connectivity index (χ3v) is 5.59. The molecule has 0 spiro atoms. The molecule has 1 N–H and O–H groups in total. The van der Waals surface area contributed by atoms with Crippen LogP contribution in [0.15, 0.2) is 83.8 Å². The summed E-state index contributed by atoms with van der Waals surface area (Å²) < 4.78 is 6.87. The van der Waals surface area contributed by atoms with Gasteiger partial charge in [-0.25, -0.2) is 0 Å². The molecule has 0 unspecified atom stereocenters. The first-order valence-electron chi connectivity index (χ1n) is 9.68. The number of benzene rings is 3. The highest BCUT2D eigenvalue weighted by Gasteiger charge is 2.14. The first kappa shape index (κ1) is 20.8. The number of tetrazole rings is 1. The van der Waals surface area contributed by atoms with Gasteiger partial charge in [0.25, 0.3) is 5.91 Å². The lowest BCUT2D eigenvalue weighted by Gasteiger charge is -2.11. The van der Waals surface area contributed by atoms with Gasteiger partial charge in [0.2, 0.25) is 0 Å². The summed E-state index contributed by atoms with van der Waals surface area (Å²) in [5, 5.41) is 15.0. The molecule has 0 radical (unpaired) electrons. The zero-order valence-electron chi connectivity index (χ0n) is 16.9. The maximum absolute atomic E-state index is 13.0. The molecule has 4 rings (SSSR count). The lowest BCUT2D eigenvalue weighted by Crippen LogP contribution is -2.13. The molecular formula is C23H21N5O2S. The first-order chi connectivity index (χ1) is 15.2. The summed E-state index contributed by atoms with van der Waals surface area (Å²) in [6, 6.07) is 24.9.